The molecule has 2 atom stereocenters. The number of hydrogen-bond donors (Lipinski definition) is 2. The topological polar surface area (TPSA) is 58.4 Å². The summed E-state index contributed by atoms with van der Waals surface area (Å²) in [6.45, 7) is 12.4. The maximum absolute atomic E-state index is 11.6. The van der Waals surface area contributed by atoms with Crippen LogP contribution in [0, 0.1) is 5.92 Å². The van der Waals surface area contributed by atoms with E-state index in [0.29, 0.717) is 12.0 Å². The summed E-state index contributed by atoms with van der Waals surface area (Å²) in [5.74, 6) is 0.434. The SMILES string of the molecule is CCCNC(C)(CCN(C)C(C)CC(C)C)C(N)=O. The molecule has 1 amide bonds. The number of carbonyl (C=O) groups is 1. The largest absolute Gasteiger partial charge is 0.368 e. The van der Waals surface area contributed by atoms with Crippen LogP contribution < -0.4 is 11.1 Å². The van der Waals surface area contributed by atoms with Crippen LogP contribution in [0.4, 0.5) is 0 Å². The molecule has 0 saturated carbocycles. The highest BCUT2D eigenvalue weighted by Crippen LogP contribution is 2.14. The van der Waals surface area contributed by atoms with Gasteiger partial charge in [0, 0.05) is 12.6 Å². The highest BCUT2D eigenvalue weighted by atomic mass is 16.1. The minimum absolute atomic E-state index is 0.258. The number of nitrogens with two attached hydrogens (primary N) is 1. The molecule has 0 aliphatic rings. The number of amides is 1. The first-order chi connectivity index (χ1) is 8.73. The molecule has 4 heteroatoms. The first-order valence-electron chi connectivity index (χ1n) is 7.48. The molecular formula is C15H33N3O. The molecule has 19 heavy (non-hydrogen) atoms. The number of carbonyl (C=O) groups excluding carboxylic acids is 1. The zero-order valence-corrected chi connectivity index (χ0v) is 13.6. The lowest BCUT2D eigenvalue weighted by Crippen LogP contribution is -2.55. The average Bonchev–Trinajstić information content (AvgIpc) is 2.32. The van der Waals surface area contributed by atoms with Crippen molar-refractivity contribution < 1.29 is 4.79 Å². The summed E-state index contributed by atoms with van der Waals surface area (Å²) in [6.07, 6.45) is 2.93. The maximum Gasteiger partial charge on any atom is 0.237 e. The second-order valence-corrected chi connectivity index (χ2v) is 6.33. The molecule has 0 aromatic carbocycles. The fourth-order valence-corrected chi connectivity index (χ4v) is 2.18. The van der Waals surface area contributed by atoms with Crippen LogP contribution in [0.3, 0.4) is 0 Å². The third-order valence-electron chi connectivity index (χ3n) is 3.84. The fourth-order valence-electron chi connectivity index (χ4n) is 2.18. The molecular weight excluding hydrogens is 238 g/mol. The molecule has 0 aromatic heterocycles. The lowest BCUT2D eigenvalue weighted by atomic mass is 9.95. The molecule has 2 unspecified atom stereocenters. The van der Waals surface area contributed by atoms with Crippen molar-refractivity contribution in [2.45, 2.75) is 65.5 Å². The van der Waals surface area contributed by atoms with Crippen molar-refractivity contribution in [3.63, 3.8) is 0 Å². The van der Waals surface area contributed by atoms with E-state index < -0.39 is 5.54 Å². The van der Waals surface area contributed by atoms with Gasteiger partial charge in [-0.2, -0.15) is 0 Å². The Morgan fingerprint density at radius 2 is 1.95 bits per heavy atom. The highest BCUT2D eigenvalue weighted by molar-refractivity contribution is 5.84. The van der Waals surface area contributed by atoms with Crippen molar-refractivity contribution in [3.8, 4) is 0 Å². The van der Waals surface area contributed by atoms with Gasteiger partial charge in [0.25, 0.3) is 0 Å². The van der Waals surface area contributed by atoms with Crippen molar-refractivity contribution in [3.05, 3.63) is 0 Å². The van der Waals surface area contributed by atoms with E-state index in [1.54, 1.807) is 0 Å². The van der Waals surface area contributed by atoms with E-state index in [4.69, 9.17) is 5.73 Å². The molecule has 0 fully saturated rings. The highest BCUT2D eigenvalue weighted by Gasteiger charge is 2.30. The van der Waals surface area contributed by atoms with Crippen molar-refractivity contribution in [1.29, 1.82) is 0 Å². The Morgan fingerprint density at radius 3 is 2.37 bits per heavy atom. The molecule has 0 bridgehead atoms. The Hall–Kier alpha value is -0.610. The van der Waals surface area contributed by atoms with Gasteiger partial charge in [-0.05, 0) is 52.6 Å². The maximum atomic E-state index is 11.6. The third-order valence-corrected chi connectivity index (χ3v) is 3.84. The van der Waals surface area contributed by atoms with Crippen molar-refractivity contribution >= 4 is 5.91 Å². The standard InChI is InChI=1S/C15H33N3O/c1-7-9-17-15(5,14(16)19)8-10-18(6)13(4)11-12(2)3/h12-13,17H,7-11H2,1-6H3,(H2,16,19). The summed E-state index contributed by atoms with van der Waals surface area (Å²) in [6, 6.07) is 0.531. The molecule has 0 aromatic rings. The Labute approximate surface area is 119 Å². The number of primary amides is 1. The molecule has 0 radical (unpaired) electrons. The van der Waals surface area contributed by atoms with Crippen LogP contribution in [0.5, 0.6) is 0 Å². The van der Waals surface area contributed by atoms with Crippen LogP contribution in [0.1, 0.15) is 53.9 Å². The van der Waals surface area contributed by atoms with Crippen LogP contribution in [-0.4, -0.2) is 42.5 Å². The lowest BCUT2D eigenvalue weighted by Gasteiger charge is -2.32. The molecule has 0 spiro atoms. The molecule has 0 aliphatic carbocycles. The second kappa shape index (κ2) is 8.54. The van der Waals surface area contributed by atoms with Crippen LogP contribution in [-0.2, 0) is 4.79 Å². The van der Waals surface area contributed by atoms with E-state index >= 15 is 0 Å². The molecule has 0 heterocycles. The Bertz CT molecular complexity index is 268. The lowest BCUT2D eigenvalue weighted by molar-refractivity contribution is -0.124. The summed E-state index contributed by atoms with van der Waals surface area (Å²) in [4.78, 5) is 13.9. The molecule has 4 nitrogen and oxygen atoms in total. The molecule has 0 saturated heterocycles. The number of hydrogen-bond acceptors (Lipinski definition) is 3. The van der Waals surface area contributed by atoms with Crippen LogP contribution in [0.25, 0.3) is 0 Å². The Balaban J connectivity index is 4.35. The zero-order valence-electron chi connectivity index (χ0n) is 13.6. The van der Waals surface area contributed by atoms with Gasteiger partial charge in [0.2, 0.25) is 5.91 Å². The van der Waals surface area contributed by atoms with Crippen molar-refractivity contribution in [2.24, 2.45) is 11.7 Å². The third kappa shape index (κ3) is 6.92. The Kier molecular flexibility index (Phi) is 8.26. The van der Waals surface area contributed by atoms with E-state index in [1.807, 2.05) is 6.92 Å². The fraction of sp³-hybridized carbons (Fsp3) is 0.933. The van der Waals surface area contributed by atoms with Gasteiger partial charge in [0.15, 0.2) is 0 Å². The monoisotopic (exact) mass is 271 g/mol. The van der Waals surface area contributed by atoms with Crippen molar-refractivity contribution in [1.82, 2.24) is 10.2 Å². The quantitative estimate of drug-likeness (QED) is 0.639. The van der Waals surface area contributed by atoms with Gasteiger partial charge in [-0.15, -0.1) is 0 Å². The summed E-state index contributed by atoms with van der Waals surface area (Å²) < 4.78 is 0. The van der Waals surface area contributed by atoms with E-state index in [2.05, 4.69) is 45.0 Å². The predicted octanol–water partition coefficient (Wildman–Crippen LogP) is 1.99. The first kappa shape index (κ1) is 18.4. The normalized spacial score (nSPS) is 16.6. The molecule has 3 N–H and O–H groups in total. The van der Waals surface area contributed by atoms with Gasteiger partial charge in [-0.3, -0.25) is 4.79 Å². The van der Waals surface area contributed by atoms with Gasteiger partial charge in [-0.25, -0.2) is 0 Å². The smallest absolute Gasteiger partial charge is 0.237 e. The number of rotatable bonds is 10. The summed E-state index contributed by atoms with van der Waals surface area (Å²) >= 11 is 0. The summed E-state index contributed by atoms with van der Waals surface area (Å²) in [5, 5.41) is 3.28. The second-order valence-electron chi connectivity index (χ2n) is 6.33. The van der Waals surface area contributed by atoms with Crippen molar-refractivity contribution in [2.75, 3.05) is 20.1 Å². The minimum Gasteiger partial charge on any atom is -0.368 e. The van der Waals surface area contributed by atoms with Gasteiger partial charge < -0.3 is 16.0 Å². The average molecular weight is 271 g/mol. The van der Waals surface area contributed by atoms with Crippen LogP contribution >= 0.6 is 0 Å². The van der Waals surface area contributed by atoms with E-state index in [9.17, 15) is 4.79 Å². The summed E-state index contributed by atoms with van der Waals surface area (Å²) in [5.41, 5.74) is 4.94. The van der Waals surface area contributed by atoms with Crippen LogP contribution in [0.2, 0.25) is 0 Å². The number of nitrogens with one attached hydrogen (secondary N) is 1. The van der Waals surface area contributed by atoms with E-state index in [0.717, 1.165) is 25.9 Å². The van der Waals surface area contributed by atoms with Gasteiger partial charge in [0.1, 0.15) is 0 Å². The minimum atomic E-state index is -0.595. The van der Waals surface area contributed by atoms with Gasteiger partial charge in [0.05, 0.1) is 5.54 Å². The predicted molar refractivity (Wildman–Crippen MR) is 82.1 cm³/mol. The zero-order chi connectivity index (χ0) is 15.1. The Morgan fingerprint density at radius 1 is 1.37 bits per heavy atom. The summed E-state index contributed by atoms with van der Waals surface area (Å²) in [7, 11) is 2.12. The molecule has 114 valence electrons. The van der Waals surface area contributed by atoms with E-state index in [-0.39, 0.29) is 5.91 Å². The molecule has 0 rings (SSSR count). The van der Waals surface area contributed by atoms with Gasteiger partial charge in [-0.1, -0.05) is 20.8 Å². The molecule has 0 aliphatic heterocycles. The van der Waals surface area contributed by atoms with E-state index in [1.165, 1.54) is 6.42 Å². The number of nitrogens with zero attached hydrogens (tertiary/aromatic N) is 1. The van der Waals surface area contributed by atoms with Gasteiger partial charge >= 0.3 is 0 Å². The first-order valence-corrected chi connectivity index (χ1v) is 7.48. The van der Waals surface area contributed by atoms with Crippen LogP contribution in [0.15, 0.2) is 0 Å².